The molecule has 1 fully saturated rings. The first-order valence-corrected chi connectivity index (χ1v) is 9.45. The number of nitrogens with one attached hydrogen (secondary N) is 3. The van der Waals surface area contributed by atoms with E-state index in [0.29, 0.717) is 44.1 Å². The van der Waals surface area contributed by atoms with Gasteiger partial charge >= 0.3 is 6.03 Å². The lowest BCUT2D eigenvalue weighted by Gasteiger charge is -2.27. The van der Waals surface area contributed by atoms with Crippen LogP contribution in [0.4, 0.5) is 16.2 Å². The Balaban J connectivity index is 1.50. The van der Waals surface area contributed by atoms with Gasteiger partial charge in [0, 0.05) is 42.6 Å². The zero-order chi connectivity index (χ0) is 19.8. The number of hydrogen-bond donors (Lipinski definition) is 3. The van der Waals surface area contributed by atoms with E-state index in [4.69, 9.17) is 4.74 Å². The second kappa shape index (κ2) is 9.75. The van der Waals surface area contributed by atoms with Crippen LogP contribution in [0, 0.1) is 0 Å². The zero-order valence-electron chi connectivity index (χ0n) is 16.0. The van der Waals surface area contributed by atoms with Crippen molar-refractivity contribution in [2.24, 2.45) is 0 Å². The SMILES string of the molecule is C[C@@H](CNc1ccccc1)NC(=O)Nc1cccc(C(=O)N2CCOCC2)c1. The molecule has 2 aromatic rings. The lowest BCUT2D eigenvalue weighted by atomic mass is 10.1. The predicted molar refractivity (Wildman–Crippen MR) is 110 cm³/mol. The van der Waals surface area contributed by atoms with Crippen molar-refractivity contribution in [3.05, 3.63) is 60.2 Å². The second-order valence-electron chi connectivity index (χ2n) is 6.73. The van der Waals surface area contributed by atoms with Crippen LogP contribution in [0.5, 0.6) is 0 Å². The van der Waals surface area contributed by atoms with E-state index >= 15 is 0 Å². The van der Waals surface area contributed by atoms with E-state index in [9.17, 15) is 9.59 Å². The van der Waals surface area contributed by atoms with E-state index in [1.54, 1.807) is 29.2 Å². The van der Waals surface area contributed by atoms with Gasteiger partial charge in [0.25, 0.3) is 5.91 Å². The Bertz CT molecular complexity index is 791. The molecule has 0 bridgehead atoms. The maximum Gasteiger partial charge on any atom is 0.319 e. The van der Waals surface area contributed by atoms with Crippen LogP contribution in [-0.2, 0) is 4.74 Å². The summed E-state index contributed by atoms with van der Waals surface area (Å²) in [7, 11) is 0. The fraction of sp³-hybridized carbons (Fsp3) is 0.333. The summed E-state index contributed by atoms with van der Waals surface area (Å²) in [4.78, 5) is 26.6. The molecule has 0 spiro atoms. The quantitative estimate of drug-likeness (QED) is 0.717. The summed E-state index contributed by atoms with van der Waals surface area (Å²) in [5, 5.41) is 8.95. The van der Waals surface area contributed by atoms with Crippen LogP contribution < -0.4 is 16.0 Å². The van der Waals surface area contributed by atoms with Crippen LogP contribution in [0.25, 0.3) is 0 Å². The van der Waals surface area contributed by atoms with Gasteiger partial charge in [-0.25, -0.2) is 4.79 Å². The van der Waals surface area contributed by atoms with E-state index in [2.05, 4.69) is 16.0 Å². The number of amides is 3. The molecule has 2 aromatic carbocycles. The monoisotopic (exact) mass is 382 g/mol. The molecule has 1 atom stereocenters. The van der Waals surface area contributed by atoms with Gasteiger partial charge in [-0.05, 0) is 37.3 Å². The summed E-state index contributed by atoms with van der Waals surface area (Å²) in [6.07, 6.45) is 0. The normalized spacial score (nSPS) is 14.8. The molecular weight excluding hydrogens is 356 g/mol. The smallest absolute Gasteiger partial charge is 0.319 e. The van der Waals surface area contributed by atoms with Crippen molar-refractivity contribution in [2.75, 3.05) is 43.5 Å². The predicted octanol–water partition coefficient (Wildman–Crippen LogP) is 2.78. The molecule has 28 heavy (non-hydrogen) atoms. The van der Waals surface area contributed by atoms with E-state index in [1.165, 1.54) is 0 Å². The number of rotatable bonds is 6. The minimum atomic E-state index is -0.307. The van der Waals surface area contributed by atoms with Gasteiger partial charge in [0.1, 0.15) is 0 Å². The summed E-state index contributed by atoms with van der Waals surface area (Å²) in [6, 6.07) is 16.4. The number of hydrogen-bond acceptors (Lipinski definition) is 4. The second-order valence-corrected chi connectivity index (χ2v) is 6.73. The van der Waals surface area contributed by atoms with Gasteiger partial charge in [0.2, 0.25) is 0 Å². The number of morpholine rings is 1. The molecule has 3 N–H and O–H groups in total. The topological polar surface area (TPSA) is 82.7 Å². The van der Waals surface area contributed by atoms with Gasteiger partial charge in [0.05, 0.1) is 13.2 Å². The molecule has 0 saturated carbocycles. The zero-order valence-corrected chi connectivity index (χ0v) is 16.0. The number of carbonyl (C=O) groups excluding carboxylic acids is 2. The molecule has 3 rings (SSSR count). The van der Waals surface area contributed by atoms with Crippen LogP contribution in [0.15, 0.2) is 54.6 Å². The number of carbonyl (C=O) groups is 2. The number of anilines is 2. The fourth-order valence-corrected chi connectivity index (χ4v) is 2.95. The first kappa shape index (κ1) is 19.7. The number of nitrogens with zero attached hydrogens (tertiary/aromatic N) is 1. The van der Waals surface area contributed by atoms with Crippen LogP contribution in [0.1, 0.15) is 17.3 Å². The van der Waals surface area contributed by atoms with Gasteiger partial charge in [-0.2, -0.15) is 0 Å². The third kappa shape index (κ3) is 5.72. The van der Waals surface area contributed by atoms with Gasteiger partial charge in [-0.3, -0.25) is 4.79 Å². The molecule has 7 heteroatoms. The standard InChI is InChI=1S/C21H26N4O3/c1-16(15-22-18-7-3-2-4-8-18)23-21(27)24-19-9-5-6-17(14-19)20(26)25-10-12-28-13-11-25/h2-9,14,16,22H,10-13,15H2,1H3,(H2,23,24,27)/t16-/m0/s1. The van der Waals surface area contributed by atoms with Gasteiger partial charge in [0.15, 0.2) is 0 Å². The van der Waals surface area contributed by atoms with Crippen LogP contribution in [-0.4, -0.2) is 55.7 Å². The van der Waals surface area contributed by atoms with Crippen LogP contribution >= 0.6 is 0 Å². The molecular formula is C21H26N4O3. The Hall–Kier alpha value is -3.06. The van der Waals surface area contributed by atoms with Crippen LogP contribution in [0.3, 0.4) is 0 Å². The summed E-state index contributed by atoms with van der Waals surface area (Å²) in [6.45, 7) is 4.81. The maximum atomic E-state index is 12.6. The largest absolute Gasteiger partial charge is 0.383 e. The first-order valence-electron chi connectivity index (χ1n) is 9.45. The first-order chi connectivity index (χ1) is 13.6. The van der Waals surface area contributed by atoms with Gasteiger partial charge < -0.3 is 25.6 Å². The summed E-state index contributed by atoms with van der Waals surface area (Å²) in [5.41, 5.74) is 2.14. The Morgan fingerprint density at radius 3 is 2.50 bits per heavy atom. The molecule has 148 valence electrons. The molecule has 0 radical (unpaired) electrons. The average molecular weight is 382 g/mol. The Morgan fingerprint density at radius 1 is 1.04 bits per heavy atom. The molecule has 1 aliphatic rings. The number of ether oxygens (including phenoxy) is 1. The molecule has 0 aromatic heterocycles. The molecule has 0 unspecified atom stereocenters. The molecule has 0 aliphatic carbocycles. The van der Waals surface area contributed by atoms with Crippen molar-refractivity contribution in [3.63, 3.8) is 0 Å². The van der Waals surface area contributed by atoms with Crippen molar-refractivity contribution in [1.29, 1.82) is 0 Å². The number of para-hydroxylation sites is 1. The Kier molecular flexibility index (Phi) is 6.86. The molecule has 7 nitrogen and oxygen atoms in total. The number of benzene rings is 2. The van der Waals surface area contributed by atoms with E-state index in [0.717, 1.165) is 5.69 Å². The fourth-order valence-electron chi connectivity index (χ4n) is 2.95. The van der Waals surface area contributed by atoms with Crippen molar-refractivity contribution in [2.45, 2.75) is 13.0 Å². The minimum absolute atomic E-state index is 0.0483. The third-order valence-electron chi connectivity index (χ3n) is 4.43. The lowest BCUT2D eigenvalue weighted by Crippen LogP contribution is -2.41. The summed E-state index contributed by atoms with van der Waals surface area (Å²) >= 11 is 0. The maximum absolute atomic E-state index is 12.6. The molecule has 1 heterocycles. The van der Waals surface area contributed by atoms with Gasteiger partial charge in [-0.1, -0.05) is 24.3 Å². The van der Waals surface area contributed by atoms with E-state index in [1.807, 2.05) is 37.3 Å². The highest BCUT2D eigenvalue weighted by Crippen LogP contribution is 2.14. The molecule has 3 amide bonds. The highest BCUT2D eigenvalue weighted by molar-refractivity contribution is 5.97. The molecule has 1 saturated heterocycles. The highest BCUT2D eigenvalue weighted by Gasteiger charge is 2.19. The lowest BCUT2D eigenvalue weighted by molar-refractivity contribution is 0.0303. The van der Waals surface area contributed by atoms with Crippen molar-refractivity contribution >= 4 is 23.3 Å². The Morgan fingerprint density at radius 2 is 1.75 bits per heavy atom. The third-order valence-corrected chi connectivity index (χ3v) is 4.43. The van der Waals surface area contributed by atoms with Crippen molar-refractivity contribution in [3.8, 4) is 0 Å². The summed E-state index contributed by atoms with van der Waals surface area (Å²) < 4.78 is 5.28. The van der Waals surface area contributed by atoms with E-state index in [-0.39, 0.29) is 18.0 Å². The number of urea groups is 1. The van der Waals surface area contributed by atoms with Gasteiger partial charge in [-0.15, -0.1) is 0 Å². The summed E-state index contributed by atoms with van der Waals surface area (Å²) in [5.74, 6) is -0.0483. The van der Waals surface area contributed by atoms with Crippen molar-refractivity contribution in [1.82, 2.24) is 10.2 Å². The van der Waals surface area contributed by atoms with Crippen molar-refractivity contribution < 1.29 is 14.3 Å². The minimum Gasteiger partial charge on any atom is -0.383 e. The Labute approximate surface area is 165 Å². The molecule has 1 aliphatic heterocycles. The average Bonchev–Trinajstić information content (AvgIpc) is 2.73. The van der Waals surface area contributed by atoms with E-state index < -0.39 is 0 Å². The van der Waals surface area contributed by atoms with Crippen LogP contribution in [0.2, 0.25) is 0 Å². The highest BCUT2D eigenvalue weighted by atomic mass is 16.5.